The summed E-state index contributed by atoms with van der Waals surface area (Å²) in [6, 6.07) is 0. The van der Waals surface area contributed by atoms with Crippen molar-refractivity contribution in [1.29, 1.82) is 0 Å². The van der Waals surface area contributed by atoms with E-state index in [1.807, 2.05) is 20.8 Å². The Morgan fingerprint density at radius 1 is 1.11 bits per heavy atom. The number of alkyl halides is 1. The molecule has 0 aliphatic carbocycles. The summed E-state index contributed by atoms with van der Waals surface area (Å²) in [5.74, 6) is -0.119. The zero-order chi connectivity index (χ0) is 13.9. The van der Waals surface area contributed by atoms with Gasteiger partial charge >= 0.3 is 5.97 Å². The third-order valence-electron chi connectivity index (χ3n) is 1.84. The average Bonchev–Trinajstić information content (AvgIpc) is 2.24. The highest BCUT2D eigenvalue weighted by Crippen LogP contribution is 2.15. The van der Waals surface area contributed by atoms with Crippen molar-refractivity contribution >= 4 is 30.9 Å². The summed E-state index contributed by atoms with van der Waals surface area (Å²) in [4.78, 5) is 11.4. The molecule has 0 saturated heterocycles. The largest absolute Gasteiger partial charge is 0.460 e. The number of carbonyl (C=O) groups is 1. The van der Waals surface area contributed by atoms with Crippen molar-refractivity contribution in [3.63, 3.8) is 0 Å². The van der Waals surface area contributed by atoms with Crippen LogP contribution in [0.1, 0.15) is 46.5 Å². The Labute approximate surface area is 120 Å². The summed E-state index contributed by atoms with van der Waals surface area (Å²) in [6.45, 7) is 7.01. The van der Waals surface area contributed by atoms with Crippen molar-refractivity contribution in [3.8, 4) is 0 Å². The lowest BCUT2D eigenvalue weighted by atomic mass is 10.1. The van der Waals surface area contributed by atoms with Gasteiger partial charge in [0, 0.05) is 11.8 Å². The molecule has 0 spiro atoms. The van der Waals surface area contributed by atoms with E-state index in [1.54, 1.807) is 0 Å². The second-order valence-corrected chi connectivity index (χ2v) is 6.40. The van der Waals surface area contributed by atoms with Crippen LogP contribution in [0.25, 0.3) is 0 Å². The van der Waals surface area contributed by atoms with E-state index in [2.05, 4.69) is 15.9 Å². The highest BCUT2D eigenvalue weighted by Gasteiger charge is 2.15. The number of ether oxygens (including phenoxy) is 1. The first-order valence-electron chi connectivity index (χ1n) is 6.22. The third-order valence-corrected chi connectivity index (χ3v) is 2.81. The maximum absolute atomic E-state index is 11.4. The molecule has 4 nitrogen and oxygen atoms in total. The number of hydrogen-bond acceptors (Lipinski definition) is 4. The first-order valence-corrected chi connectivity index (χ1v) is 8.16. The molecular weight excluding hydrogens is 319 g/mol. The normalized spacial score (nSPS) is 12.2. The van der Waals surface area contributed by atoms with Crippen LogP contribution in [-0.2, 0) is 18.6 Å². The highest BCUT2D eigenvalue weighted by molar-refractivity contribution is 9.09. The molecule has 0 aliphatic heterocycles. The van der Waals surface area contributed by atoms with Crippen LogP contribution in [0.2, 0.25) is 0 Å². The minimum Gasteiger partial charge on any atom is -0.460 e. The standard InChI is InChI=1S/C12H24BrO4P/c1-12(2,3)17-11(14)7-5-4-6-9-15-18-16-10-8-13/h18H,4-10H2,1-3H3. The molecular formula is C12H24BrO4P. The lowest BCUT2D eigenvalue weighted by Crippen LogP contribution is -2.23. The van der Waals surface area contributed by atoms with E-state index in [1.165, 1.54) is 0 Å². The van der Waals surface area contributed by atoms with Crippen LogP contribution in [-0.4, -0.2) is 30.1 Å². The van der Waals surface area contributed by atoms with Crippen LogP contribution in [0, 0.1) is 0 Å². The van der Waals surface area contributed by atoms with Gasteiger partial charge in [-0.3, -0.25) is 4.79 Å². The molecule has 6 heteroatoms. The quantitative estimate of drug-likeness (QED) is 0.262. The first kappa shape index (κ1) is 18.3. The maximum atomic E-state index is 11.4. The van der Waals surface area contributed by atoms with Gasteiger partial charge < -0.3 is 13.8 Å². The van der Waals surface area contributed by atoms with Gasteiger partial charge in [-0.1, -0.05) is 22.4 Å². The number of carbonyl (C=O) groups excluding carboxylic acids is 1. The van der Waals surface area contributed by atoms with Crippen LogP contribution >= 0.6 is 25.0 Å². The van der Waals surface area contributed by atoms with Gasteiger partial charge in [-0.15, -0.1) is 0 Å². The highest BCUT2D eigenvalue weighted by atomic mass is 79.9. The summed E-state index contributed by atoms with van der Waals surface area (Å²) in [5, 5.41) is 0.833. The molecule has 0 aliphatic rings. The molecule has 0 fully saturated rings. The van der Waals surface area contributed by atoms with Crippen LogP contribution in [0.15, 0.2) is 0 Å². The molecule has 0 aromatic heterocycles. The van der Waals surface area contributed by atoms with Gasteiger partial charge in [-0.25, -0.2) is 0 Å². The summed E-state index contributed by atoms with van der Waals surface area (Å²) in [6.07, 6.45) is 3.26. The van der Waals surface area contributed by atoms with Gasteiger partial charge in [0.25, 0.3) is 0 Å². The smallest absolute Gasteiger partial charge is 0.306 e. The molecule has 0 aromatic rings. The molecule has 0 rings (SSSR count). The Bertz CT molecular complexity index is 219. The van der Waals surface area contributed by atoms with Gasteiger partial charge in [0.15, 0.2) is 9.03 Å². The predicted octanol–water partition coefficient (Wildman–Crippen LogP) is 3.83. The number of rotatable bonds is 10. The van der Waals surface area contributed by atoms with Gasteiger partial charge in [0.2, 0.25) is 0 Å². The van der Waals surface area contributed by atoms with Crippen LogP contribution < -0.4 is 0 Å². The van der Waals surface area contributed by atoms with Crippen molar-refractivity contribution in [2.75, 3.05) is 18.5 Å². The van der Waals surface area contributed by atoms with Crippen LogP contribution in [0.3, 0.4) is 0 Å². The van der Waals surface area contributed by atoms with E-state index in [0.717, 1.165) is 24.6 Å². The first-order chi connectivity index (χ1) is 8.45. The summed E-state index contributed by atoms with van der Waals surface area (Å²) < 4.78 is 15.7. The summed E-state index contributed by atoms with van der Waals surface area (Å²) in [7, 11) is 0.117. The lowest BCUT2D eigenvalue weighted by molar-refractivity contribution is -0.154. The Hall–Kier alpha value is 0.300. The third kappa shape index (κ3) is 14.4. The van der Waals surface area contributed by atoms with Gasteiger partial charge in [-0.2, -0.15) is 0 Å². The molecule has 1 atom stereocenters. The zero-order valence-corrected chi connectivity index (χ0v) is 14.0. The number of halogens is 1. The van der Waals surface area contributed by atoms with Crippen molar-refractivity contribution < 1.29 is 18.6 Å². The molecule has 108 valence electrons. The summed E-state index contributed by atoms with van der Waals surface area (Å²) >= 11 is 3.27. The van der Waals surface area contributed by atoms with Gasteiger partial charge in [0.05, 0.1) is 13.2 Å². The topological polar surface area (TPSA) is 44.8 Å². The fourth-order valence-corrected chi connectivity index (χ4v) is 2.13. The monoisotopic (exact) mass is 342 g/mol. The van der Waals surface area contributed by atoms with E-state index in [9.17, 15) is 4.79 Å². The van der Waals surface area contributed by atoms with E-state index in [4.69, 9.17) is 13.8 Å². The SMILES string of the molecule is CC(C)(C)OC(=O)CCCCCOPOCCBr. The molecule has 0 N–H and O–H groups in total. The van der Waals surface area contributed by atoms with E-state index >= 15 is 0 Å². The van der Waals surface area contributed by atoms with Gasteiger partial charge in [0.1, 0.15) is 5.60 Å². The fraction of sp³-hybridized carbons (Fsp3) is 0.917. The van der Waals surface area contributed by atoms with Crippen molar-refractivity contribution in [2.45, 2.75) is 52.1 Å². The van der Waals surface area contributed by atoms with E-state index in [-0.39, 0.29) is 20.6 Å². The second kappa shape index (κ2) is 11.2. The Morgan fingerprint density at radius 2 is 1.78 bits per heavy atom. The van der Waals surface area contributed by atoms with Crippen molar-refractivity contribution in [3.05, 3.63) is 0 Å². The molecule has 0 radical (unpaired) electrons. The minimum absolute atomic E-state index is 0.117. The second-order valence-electron chi connectivity index (χ2n) is 4.87. The predicted molar refractivity (Wildman–Crippen MR) is 78.3 cm³/mol. The Kier molecular flexibility index (Phi) is 11.3. The lowest BCUT2D eigenvalue weighted by Gasteiger charge is -2.19. The zero-order valence-electron chi connectivity index (χ0n) is 11.5. The van der Waals surface area contributed by atoms with Crippen LogP contribution in [0.4, 0.5) is 0 Å². The number of hydrogen-bond donors (Lipinski definition) is 0. The molecule has 0 bridgehead atoms. The van der Waals surface area contributed by atoms with E-state index < -0.39 is 0 Å². The molecule has 0 saturated carbocycles. The maximum Gasteiger partial charge on any atom is 0.306 e. The average molecular weight is 343 g/mol. The molecule has 18 heavy (non-hydrogen) atoms. The Balaban J connectivity index is 3.23. The fourth-order valence-electron chi connectivity index (χ4n) is 1.18. The van der Waals surface area contributed by atoms with Crippen LogP contribution in [0.5, 0.6) is 0 Å². The summed E-state index contributed by atoms with van der Waals surface area (Å²) in [5.41, 5.74) is -0.381. The Morgan fingerprint density at radius 3 is 2.39 bits per heavy atom. The minimum atomic E-state index is -0.381. The van der Waals surface area contributed by atoms with Gasteiger partial charge in [-0.05, 0) is 33.6 Å². The molecule has 0 aromatic carbocycles. The number of esters is 1. The van der Waals surface area contributed by atoms with E-state index in [0.29, 0.717) is 19.6 Å². The van der Waals surface area contributed by atoms with Crippen molar-refractivity contribution in [1.82, 2.24) is 0 Å². The molecule has 0 heterocycles. The van der Waals surface area contributed by atoms with Crippen molar-refractivity contribution in [2.24, 2.45) is 0 Å². The molecule has 1 unspecified atom stereocenters. The number of unbranched alkanes of at least 4 members (excludes halogenated alkanes) is 2. The molecule has 0 amide bonds.